The van der Waals surface area contributed by atoms with Crippen molar-refractivity contribution in [2.75, 3.05) is 24.3 Å². The number of rotatable bonds is 14. The van der Waals surface area contributed by atoms with Crippen LogP contribution in [-0.4, -0.2) is 77.0 Å². The molecule has 20 heteroatoms. The van der Waals surface area contributed by atoms with Gasteiger partial charge in [0.05, 0.1) is 19.5 Å². The van der Waals surface area contributed by atoms with E-state index in [0.717, 1.165) is 32.4 Å². The number of amides is 1. The lowest BCUT2D eigenvalue weighted by Crippen LogP contribution is -2.33. The number of hydrogen-bond donors (Lipinski definition) is 7. The fourth-order valence-electron chi connectivity index (χ4n) is 5.56. The molecule has 0 bridgehead atoms. The molecule has 0 saturated carbocycles. The number of imidazole rings is 1. The molecule has 3 heterocycles. The number of carbonyl (C=O) groups excluding carboxylic acids is 1. The van der Waals surface area contributed by atoms with Gasteiger partial charge in [-0.3, -0.25) is 28.2 Å². The van der Waals surface area contributed by atoms with Crippen LogP contribution >= 0.6 is 15.6 Å². The van der Waals surface area contributed by atoms with Gasteiger partial charge in [-0.05, 0) is 58.7 Å². The second kappa shape index (κ2) is 14.7. The topological polar surface area (TPSA) is 271 Å². The third-order valence-corrected chi connectivity index (χ3v) is 10.6. The zero-order valence-electron chi connectivity index (χ0n) is 26.2. The molecule has 0 spiro atoms. The molecule has 8 N–H and O–H groups in total. The predicted octanol–water partition coefficient (Wildman–Crippen LogP) is 3.08. The quantitative estimate of drug-likeness (QED) is 0.0491. The summed E-state index contributed by atoms with van der Waals surface area (Å²) in [5.41, 5.74) is 5.41. The van der Waals surface area contributed by atoms with Crippen LogP contribution in [0.3, 0.4) is 0 Å². The maximum Gasteiger partial charge on any atom is 0.481 e. The Morgan fingerprint density at radius 2 is 1.66 bits per heavy atom. The highest BCUT2D eigenvalue weighted by Gasteiger charge is 2.46. The molecule has 1 aliphatic heterocycles. The van der Waals surface area contributed by atoms with Crippen LogP contribution in [0.15, 0.2) is 65.7 Å². The zero-order chi connectivity index (χ0) is 35.6. The molecule has 1 aliphatic rings. The number of hydrogen-bond acceptors (Lipinski definition) is 13. The Kier molecular flexibility index (Phi) is 10.5. The van der Waals surface area contributed by atoms with Crippen LogP contribution in [0.25, 0.3) is 32.7 Å². The third-order valence-electron chi connectivity index (χ3n) is 7.96. The summed E-state index contributed by atoms with van der Waals surface area (Å²) in [5, 5.41) is 28.1. The fraction of sp³-hybridized carbons (Fsp3) is 0.333. The number of phosphoric acid groups is 2. The van der Waals surface area contributed by atoms with E-state index in [-0.39, 0.29) is 42.5 Å². The maximum absolute atomic E-state index is 12.5. The number of benzene rings is 3. The Labute approximate surface area is 283 Å². The van der Waals surface area contributed by atoms with Gasteiger partial charge in [0, 0.05) is 12.1 Å². The molecule has 0 radical (unpaired) electrons. The number of nitrogens with two attached hydrogens (primary N) is 1. The van der Waals surface area contributed by atoms with Crippen molar-refractivity contribution in [1.29, 1.82) is 0 Å². The number of ether oxygens (including phenoxy) is 1. The average Bonchev–Trinajstić information content (AvgIpc) is 3.60. The molecule has 50 heavy (non-hydrogen) atoms. The molecule has 2 unspecified atom stereocenters. The average molecular weight is 733 g/mol. The van der Waals surface area contributed by atoms with Crippen LogP contribution in [0.1, 0.15) is 31.9 Å². The Balaban J connectivity index is 0.913. The number of aliphatic hydroxyl groups is 2. The summed E-state index contributed by atoms with van der Waals surface area (Å²) in [6.07, 6.45) is -3.64. The second-order valence-electron chi connectivity index (χ2n) is 11.6. The van der Waals surface area contributed by atoms with Gasteiger partial charge in [0.2, 0.25) is 11.9 Å². The number of fused-ring (bicyclic) bond motifs is 3. The molecule has 1 saturated heterocycles. The minimum Gasteiger partial charge on any atom is -0.387 e. The number of aromatic amines is 1. The van der Waals surface area contributed by atoms with Gasteiger partial charge in [-0.15, -0.1) is 0 Å². The highest BCUT2D eigenvalue weighted by atomic mass is 31.3. The lowest BCUT2D eigenvalue weighted by molar-refractivity contribution is -0.116. The highest BCUT2D eigenvalue weighted by Crippen LogP contribution is 2.60. The number of phosphoric ester groups is 2. The molecular weight excluding hydrogens is 698 g/mol. The number of nitrogens with zero attached hydrogens (tertiary/aromatic N) is 3. The Morgan fingerprint density at radius 1 is 0.960 bits per heavy atom. The van der Waals surface area contributed by atoms with Crippen LogP contribution in [0.5, 0.6) is 0 Å². The first-order valence-electron chi connectivity index (χ1n) is 15.4. The van der Waals surface area contributed by atoms with Crippen molar-refractivity contribution >= 4 is 65.9 Å². The highest BCUT2D eigenvalue weighted by molar-refractivity contribution is 7.61. The minimum atomic E-state index is -5.24. The van der Waals surface area contributed by atoms with Gasteiger partial charge in [0.25, 0.3) is 5.56 Å². The number of aliphatic hydroxyl groups excluding tert-OH is 2. The van der Waals surface area contributed by atoms with E-state index in [0.29, 0.717) is 18.5 Å². The molecule has 0 aliphatic carbocycles. The smallest absolute Gasteiger partial charge is 0.387 e. The molecule has 5 aromatic rings. The van der Waals surface area contributed by atoms with Gasteiger partial charge in [0.1, 0.15) is 18.3 Å². The summed E-state index contributed by atoms with van der Waals surface area (Å²) in [6, 6.07) is 17.8. The lowest BCUT2D eigenvalue weighted by atomic mass is 10.0. The predicted molar refractivity (Wildman–Crippen MR) is 180 cm³/mol. The summed E-state index contributed by atoms with van der Waals surface area (Å²) >= 11 is 0. The van der Waals surface area contributed by atoms with Crippen LogP contribution < -0.4 is 16.6 Å². The molecule has 6 atom stereocenters. The van der Waals surface area contributed by atoms with Crippen LogP contribution in [0.2, 0.25) is 0 Å². The molecule has 266 valence electrons. The van der Waals surface area contributed by atoms with Crippen molar-refractivity contribution in [2.45, 2.75) is 50.2 Å². The first-order chi connectivity index (χ1) is 23.8. The molecule has 3 aromatic carbocycles. The van der Waals surface area contributed by atoms with E-state index < -0.39 is 52.4 Å². The van der Waals surface area contributed by atoms with E-state index in [9.17, 15) is 38.7 Å². The first kappa shape index (κ1) is 35.8. The van der Waals surface area contributed by atoms with E-state index in [1.807, 2.05) is 42.5 Å². The SMILES string of the molecule is Nc1nc2c(ncn2[C@@H]2O[C@H](COP(=O)(O)OP(=O)(O)OCCCCCC(=O)Nc3ccc4cc5ccccc5cc4c3)[C@@H](O)[C@H]2O)c(=O)[nH]1. The lowest BCUT2D eigenvalue weighted by Gasteiger charge is -2.19. The normalized spacial score (nSPS) is 21.8. The Hall–Kier alpha value is -4.06. The molecule has 1 fully saturated rings. The number of H-pyrrole nitrogens is 1. The van der Waals surface area contributed by atoms with Gasteiger partial charge in [-0.1, -0.05) is 36.8 Å². The van der Waals surface area contributed by atoms with Gasteiger partial charge in [-0.2, -0.15) is 9.29 Å². The molecule has 18 nitrogen and oxygen atoms in total. The molecular formula is C30H34N6O12P2. The Bertz CT molecular complexity index is 2190. The van der Waals surface area contributed by atoms with Crippen molar-refractivity contribution in [1.82, 2.24) is 19.5 Å². The second-order valence-corrected chi connectivity index (χ2v) is 14.6. The van der Waals surface area contributed by atoms with E-state index in [1.54, 1.807) is 0 Å². The van der Waals surface area contributed by atoms with E-state index in [2.05, 4.69) is 36.7 Å². The standard InChI is InChI=1S/C30H34N6O12P2/c31-30-34-27-24(28(40)35-30)32-16-36(27)29-26(39)25(38)22(47-29)15-46-50(43,44)48-49(41,42)45-11-5-1-2-8-23(37)33-21-10-9-19-12-17-6-3-4-7-18(17)13-20(19)14-21/h3-4,6-7,9-10,12-14,16,22,25-26,29,38-39H,1-2,5,8,11,15H2,(H,33,37)(H,41,42)(H,43,44)(H3,31,34,35,40)/t22-,25-,26-,29-/m1/s1. The summed E-state index contributed by atoms with van der Waals surface area (Å²) in [7, 11) is -10.3. The Morgan fingerprint density at radius 3 is 2.42 bits per heavy atom. The van der Waals surface area contributed by atoms with Gasteiger partial charge in [0.15, 0.2) is 17.4 Å². The summed E-state index contributed by atoms with van der Waals surface area (Å²) in [6.45, 7) is -1.18. The van der Waals surface area contributed by atoms with E-state index >= 15 is 0 Å². The summed E-state index contributed by atoms with van der Waals surface area (Å²) < 4.78 is 45.2. The zero-order valence-corrected chi connectivity index (χ0v) is 28.0. The summed E-state index contributed by atoms with van der Waals surface area (Å²) in [5.74, 6) is -0.439. The largest absolute Gasteiger partial charge is 0.481 e. The van der Waals surface area contributed by atoms with Crippen molar-refractivity contribution < 1.29 is 52.0 Å². The third kappa shape index (κ3) is 8.28. The molecule has 2 aromatic heterocycles. The number of nitrogens with one attached hydrogen (secondary N) is 2. The monoisotopic (exact) mass is 732 g/mol. The van der Waals surface area contributed by atoms with Crippen molar-refractivity contribution in [3.05, 3.63) is 71.3 Å². The number of nitrogen functional groups attached to an aromatic ring is 1. The van der Waals surface area contributed by atoms with Crippen LogP contribution in [0.4, 0.5) is 11.6 Å². The van der Waals surface area contributed by atoms with Crippen molar-refractivity contribution in [3.63, 3.8) is 0 Å². The fourth-order valence-corrected chi connectivity index (χ4v) is 7.67. The van der Waals surface area contributed by atoms with Crippen LogP contribution in [0, 0.1) is 0 Å². The number of anilines is 2. The van der Waals surface area contributed by atoms with Crippen molar-refractivity contribution in [3.8, 4) is 0 Å². The van der Waals surface area contributed by atoms with E-state index in [1.165, 1.54) is 0 Å². The minimum absolute atomic E-state index is 0.0584. The number of aromatic nitrogens is 4. The molecule has 6 rings (SSSR count). The maximum atomic E-state index is 12.5. The van der Waals surface area contributed by atoms with Gasteiger partial charge in [-0.25, -0.2) is 14.1 Å². The number of unbranched alkanes of at least 4 members (excludes halogenated alkanes) is 2. The van der Waals surface area contributed by atoms with E-state index in [4.69, 9.17) is 19.5 Å². The van der Waals surface area contributed by atoms with Gasteiger partial charge >= 0.3 is 15.6 Å². The summed E-state index contributed by atoms with van der Waals surface area (Å²) in [4.78, 5) is 54.6. The van der Waals surface area contributed by atoms with Crippen LogP contribution in [-0.2, 0) is 32.0 Å². The van der Waals surface area contributed by atoms with Gasteiger partial charge < -0.3 is 35.8 Å². The molecule has 1 amide bonds. The first-order valence-corrected chi connectivity index (χ1v) is 18.4. The number of carbonyl (C=O) groups is 1. The van der Waals surface area contributed by atoms with Crippen molar-refractivity contribution in [2.24, 2.45) is 0 Å².